The minimum absolute atomic E-state index is 0.318. The molecule has 0 saturated carbocycles. The molecule has 0 aliphatic rings. The maximum Gasteiger partial charge on any atom is 0.339 e. The zero-order valence-corrected chi connectivity index (χ0v) is 49.0. The van der Waals surface area contributed by atoms with Gasteiger partial charge in [-0.3, -0.25) is 0 Å². The third kappa shape index (κ3) is 49.1. The number of hydrogen-bond donors (Lipinski definition) is 0. The molecular weight excluding hydrogens is 881 g/mol. The molecule has 0 aliphatic carbocycles. The van der Waals surface area contributed by atoms with Crippen LogP contribution in [0, 0.1) is 0 Å². The summed E-state index contributed by atoms with van der Waals surface area (Å²) in [6.45, 7) is 5.41. The maximum atomic E-state index is 12.9. The number of ether oxygens (including phenoxy) is 2. The molecule has 0 aliphatic heterocycles. The van der Waals surface area contributed by atoms with Crippen LogP contribution in [0.15, 0.2) is 24.3 Å². The summed E-state index contributed by atoms with van der Waals surface area (Å²) >= 11 is 0. The number of unbranched alkanes of at least 4 members (excludes halogenated alkanes) is 54. The molecule has 0 atom stereocenters. The van der Waals surface area contributed by atoms with Crippen LogP contribution in [0.3, 0.4) is 0 Å². The third-order valence-corrected chi connectivity index (χ3v) is 15.8. The smallest absolute Gasteiger partial charge is 0.339 e. The van der Waals surface area contributed by atoms with Crippen LogP contribution in [-0.2, 0) is 9.47 Å². The Labute approximate surface area is 451 Å². The lowest BCUT2D eigenvalue weighted by Crippen LogP contribution is -2.15. The molecule has 0 spiro atoms. The first kappa shape index (κ1) is 68.2. The molecule has 0 radical (unpaired) electrons. The Bertz CT molecular complexity index is 1130. The maximum absolute atomic E-state index is 12.9. The summed E-state index contributed by atoms with van der Waals surface area (Å²) in [5.41, 5.74) is 0.635. The van der Waals surface area contributed by atoms with E-state index in [0.717, 1.165) is 25.7 Å². The largest absolute Gasteiger partial charge is 0.462 e. The Morgan fingerprint density at radius 1 is 0.236 bits per heavy atom. The second-order valence-corrected chi connectivity index (χ2v) is 22.9. The standard InChI is InChI=1S/C68H126O4/c1-3-5-7-9-11-13-15-17-19-21-23-25-27-29-31-33-35-37-39-41-43-45-47-49-51-53-55-59-63-71-67(69)65-61-57-58-62-66(65)68(70)72-64-60-56-54-52-50-48-46-44-42-40-38-36-34-32-30-28-26-24-22-20-18-16-14-12-10-8-6-4-2/h57-58,61-62H,3-56,59-60,63-64H2,1-2H3. The Morgan fingerprint density at radius 2 is 0.375 bits per heavy atom. The van der Waals surface area contributed by atoms with Gasteiger partial charge in [0.05, 0.1) is 24.3 Å². The molecule has 0 N–H and O–H groups in total. The molecule has 0 heterocycles. The topological polar surface area (TPSA) is 52.6 Å². The number of hydrogen-bond acceptors (Lipinski definition) is 4. The van der Waals surface area contributed by atoms with Gasteiger partial charge in [-0.15, -0.1) is 0 Å². The Hall–Kier alpha value is -1.84. The first-order chi connectivity index (χ1) is 35.7. The highest BCUT2D eigenvalue weighted by Gasteiger charge is 2.19. The molecule has 0 bridgehead atoms. The zero-order valence-electron chi connectivity index (χ0n) is 49.0. The zero-order chi connectivity index (χ0) is 51.6. The molecule has 4 heteroatoms. The monoisotopic (exact) mass is 1010 g/mol. The van der Waals surface area contributed by atoms with Crippen molar-refractivity contribution in [3.8, 4) is 0 Å². The molecule has 0 saturated heterocycles. The minimum atomic E-state index is -0.418. The second kappa shape index (κ2) is 58.4. The fraction of sp³-hybridized carbons (Fsp3) is 0.882. The molecule has 72 heavy (non-hydrogen) atoms. The van der Waals surface area contributed by atoms with E-state index in [9.17, 15) is 9.59 Å². The van der Waals surface area contributed by atoms with Gasteiger partial charge in [0.1, 0.15) is 0 Å². The fourth-order valence-electron chi connectivity index (χ4n) is 10.9. The Morgan fingerprint density at radius 3 is 0.528 bits per heavy atom. The van der Waals surface area contributed by atoms with Gasteiger partial charge in [-0.1, -0.05) is 373 Å². The highest BCUT2D eigenvalue weighted by Crippen LogP contribution is 2.20. The molecule has 1 aromatic carbocycles. The summed E-state index contributed by atoms with van der Waals surface area (Å²) in [6, 6.07) is 6.95. The van der Waals surface area contributed by atoms with Crippen molar-refractivity contribution in [2.75, 3.05) is 13.2 Å². The van der Waals surface area contributed by atoms with Crippen molar-refractivity contribution >= 4 is 11.9 Å². The van der Waals surface area contributed by atoms with Crippen LogP contribution in [0.4, 0.5) is 0 Å². The molecule has 4 nitrogen and oxygen atoms in total. The summed E-state index contributed by atoms with van der Waals surface area (Å²) in [7, 11) is 0. The van der Waals surface area contributed by atoms with E-state index in [2.05, 4.69) is 13.8 Å². The van der Waals surface area contributed by atoms with E-state index in [1.165, 1.54) is 334 Å². The normalized spacial score (nSPS) is 11.5. The molecule has 1 rings (SSSR count). The molecule has 422 valence electrons. The summed E-state index contributed by atoms with van der Waals surface area (Å²) in [6.07, 6.45) is 77.5. The highest BCUT2D eigenvalue weighted by molar-refractivity contribution is 6.03. The van der Waals surface area contributed by atoms with Crippen LogP contribution in [0.5, 0.6) is 0 Å². The van der Waals surface area contributed by atoms with Crippen LogP contribution < -0.4 is 0 Å². The van der Waals surface area contributed by atoms with Gasteiger partial charge in [-0.05, 0) is 25.0 Å². The summed E-state index contributed by atoms with van der Waals surface area (Å²) in [5.74, 6) is -0.837. The predicted molar refractivity (Wildman–Crippen MR) is 317 cm³/mol. The van der Waals surface area contributed by atoms with Crippen LogP contribution in [-0.4, -0.2) is 25.2 Å². The first-order valence-corrected chi connectivity index (χ1v) is 33.1. The summed E-state index contributed by atoms with van der Waals surface area (Å²) in [4.78, 5) is 25.8. The number of carbonyl (C=O) groups excluding carboxylic acids is 2. The molecule has 0 aromatic heterocycles. The second-order valence-electron chi connectivity index (χ2n) is 22.9. The Kier molecular flexibility index (Phi) is 55.3. The molecule has 0 unspecified atom stereocenters. The highest BCUT2D eigenvalue weighted by atomic mass is 16.5. The van der Waals surface area contributed by atoms with Crippen LogP contribution in [0.25, 0.3) is 0 Å². The fourth-order valence-corrected chi connectivity index (χ4v) is 10.9. The number of benzene rings is 1. The van der Waals surface area contributed by atoms with E-state index in [1.807, 2.05) is 0 Å². The van der Waals surface area contributed by atoms with E-state index in [4.69, 9.17) is 9.47 Å². The molecule has 0 fully saturated rings. The van der Waals surface area contributed by atoms with Crippen LogP contribution in [0.1, 0.15) is 394 Å². The van der Waals surface area contributed by atoms with Crippen molar-refractivity contribution in [2.24, 2.45) is 0 Å². The van der Waals surface area contributed by atoms with Gasteiger partial charge in [-0.2, -0.15) is 0 Å². The van der Waals surface area contributed by atoms with Crippen molar-refractivity contribution in [2.45, 2.75) is 373 Å². The third-order valence-electron chi connectivity index (χ3n) is 15.8. The van der Waals surface area contributed by atoms with Gasteiger partial charge in [0, 0.05) is 0 Å². The van der Waals surface area contributed by atoms with Gasteiger partial charge in [0.15, 0.2) is 0 Å². The van der Waals surface area contributed by atoms with E-state index in [0.29, 0.717) is 24.3 Å². The lowest BCUT2D eigenvalue weighted by atomic mass is 10.0. The SMILES string of the molecule is CCCCCCCCCCCCCCCCCCCCCCCCCCCCCCOC(=O)c1ccccc1C(=O)OCCCCCCCCCCCCCCCCCCCCCCCCCCCCCC. The van der Waals surface area contributed by atoms with Gasteiger partial charge >= 0.3 is 11.9 Å². The van der Waals surface area contributed by atoms with E-state index >= 15 is 0 Å². The quantitative estimate of drug-likeness (QED) is 0.0482. The predicted octanol–water partition coefficient (Wildman–Crippen LogP) is 23.9. The minimum Gasteiger partial charge on any atom is -0.462 e. The van der Waals surface area contributed by atoms with Crippen molar-refractivity contribution < 1.29 is 19.1 Å². The van der Waals surface area contributed by atoms with Crippen molar-refractivity contribution in [3.63, 3.8) is 0 Å². The van der Waals surface area contributed by atoms with Crippen molar-refractivity contribution in [1.29, 1.82) is 0 Å². The summed E-state index contributed by atoms with van der Waals surface area (Å²) < 4.78 is 11.2. The molecular formula is C68H126O4. The van der Waals surface area contributed by atoms with Crippen molar-refractivity contribution in [1.82, 2.24) is 0 Å². The number of rotatable bonds is 60. The first-order valence-electron chi connectivity index (χ1n) is 33.1. The number of esters is 2. The van der Waals surface area contributed by atoms with E-state index < -0.39 is 11.9 Å². The van der Waals surface area contributed by atoms with Gasteiger partial charge < -0.3 is 9.47 Å². The molecule has 1 aromatic rings. The molecule has 0 amide bonds. The van der Waals surface area contributed by atoms with Gasteiger partial charge in [-0.25, -0.2) is 9.59 Å². The lowest BCUT2D eigenvalue weighted by molar-refractivity contribution is 0.0450. The van der Waals surface area contributed by atoms with Crippen LogP contribution >= 0.6 is 0 Å². The average molecular weight is 1010 g/mol. The summed E-state index contributed by atoms with van der Waals surface area (Å²) in [5, 5.41) is 0. The van der Waals surface area contributed by atoms with Gasteiger partial charge in [0.2, 0.25) is 0 Å². The van der Waals surface area contributed by atoms with Gasteiger partial charge in [0.25, 0.3) is 0 Å². The van der Waals surface area contributed by atoms with Crippen LogP contribution in [0.2, 0.25) is 0 Å². The Balaban J connectivity index is 1.84. The van der Waals surface area contributed by atoms with E-state index in [-0.39, 0.29) is 0 Å². The average Bonchev–Trinajstić information content (AvgIpc) is 3.39. The van der Waals surface area contributed by atoms with E-state index in [1.54, 1.807) is 24.3 Å². The van der Waals surface area contributed by atoms with Crippen molar-refractivity contribution in [3.05, 3.63) is 35.4 Å². The number of carbonyl (C=O) groups is 2. The lowest BCUT2D eigenvalue weighted by Gasteiger charge is -2.10.